The number of aromatic amines is 1. The van der Waals surface area contributed by atoms with Gasteiger partial charge in [-0.05, 0) is 18.6 Å². The molecule has 7 heteroatoms. The number of hydrogen-bond donors (Lipinski definition) is 3. The van der Waals surface area contributed by atoms with Crippen molar-refractivity contribution in [2.45, 2.75) is 6.92 Å². The maximum absolute atomic E-state index is 11.3. The second-order valence-electron chi connectivity index (χ2n) is 4.15. The largest absolute Gasteiger partial charge is 0.397 e. The van der Waals surface area contributed by atoms with Gasteiger partial charge in [0.05, 0.1) is 5.69 Å². The Kier molecular flexibility index (Phi) is 2.49. The van der Waals surface area contributed by atoms with E-state index < -0.39 is 5.91 Å². The third kappa shape index (κ3) is 1.75. The lowest BCUT2D eigenvalue weighted by atomic mass is 10.1. The van der Waals surface area contributed by atoms with E-state index in [-0.39, 0.29) is 0 Å². The number of H-pyrrole nitrogens is 1. The van der Waals surface area contributed by atoms with Crippen LogP contribution in [0.25, 0.3) is 21.7 Å². The highest BCUT2D eigenvalue weighted by atomic mass is 32.1. The van der Waals surface area contributed by atoms with Crippen molar-refractivity contribution in [3.8, 4) is 11.5 Å². The lowest BCUT2D eigenvalue weighted by Crippen LogP contribution is -2.10. The van der Waals surface area contributed by atoms with E-state index in [1.807, 2.05) is 13.0 Å². The highest BCUT2D eigenvalue weighted by Gasteiger charge is 2.18. The van der Waals surface area contributed by atoms with Gasteiger partial charge < -0.3 is 16.5 Å². The Morgan fingerprint density at radius 2 is 2.26 bits per heavy atom. The minimum atomic E-state index is -0.528. The SMILES string of the molecule is Cc1cc(-c2ncc[nH]2)nc2sc(C(N)=O)c(N)c12. The zero-order valence-electron chi connectivity index (χ0n) is 10.1. The first-order chi connectivity index (χ1) is 9.08. The standard InChI is InChI=1S/C12H11N5OS/c1-5-4-6(11-15-2-3-16-11)17-12-7(5)8(13)9(19-12)10(14)18/h2-4H,13H2,1H3,(H2,14,18)(H,15,16). The van der Waals surface area contributed by atoms with Gasteiger partial charge in [0.1, 0.15) is 15.4 Å². The summed E-state index contributed by atoms with van der Waals surface area (Å²) < 4.78 is 0. The number of aryl methyl sites for hydroxylation is 1. The molecule has 0 saturated heterocycles. The van der Waals surface area contributed by atoms with Crippen LogP contribution in [0.2, 0.25) is 0 Å². The topological polar surface area (TPSA) is 111 Å². The van der Waals surface area contributed by atoms with Crippen LogP contribution in [0.15, 0.2) is 18.5 Å². The molecule has 3 aromatic rings. The Morgan fingerprint density at radius 3 is 2.89 bits per heavy atom. The third-order valence-electron chi connectivity index (χ3n) is 2.86. The Balaban J connectivity index is 2.30. The van der Waals surface area contributed by atoms with Crippen molar-refractivity contribution < 1.29 is 4.79 Å². The molecule has 0 radical (unpaired) electrons. The number of carbonyl (C=O) groups excluding carboxylic acids is 1. The summed E-state index contributed by atoms with van der Waals surface area (Å²) in [5, 5.41) is 0.786. The number of pyridine rings is 1. The molecule has 0 atom stereocenters. The van der Waals surface area contributed by atoms with E-state index in [1.165, 1.54) is 11.3 Å². The molecule has 3 heterocycles. The fourth-order valence-corrected chi connectivity index (χ4v) is 3.04. The molecule has 0 aliphatic heterocycles. The van der Waals surface area contributed by atoms with E-state index in [0.29, 0.717) is 26.9 Å². The molecule has 96 valence electrons. The van der Waals surface area contributed by atoms with Crippen LogP contribution >= 0.6 is 11.3 Å². The van der Waals surface area contributed by atoms with Crippen LogP contribution < -0.4 is 11.5 Å². The van der Waals surface area contributed by atoms with E-state index in [4.69, 9.17) is 11.5 Å². The molecule has 3 rings (SSSR count). The van der Waals surface area contributed by atoms with Crippen LogP contribution in [0.3, 0.4) is 0 Å². The van der Waals surface area contributed by atoms with Gasteiger partial charge in [-0.25, -0.2) is 9.97 Å². The fourth-order valence-electron chi connectivity index (χ4n) is 2.02. The zero-order chi connectivity index (χ0) is 13.6. The molecule has 5 N–H and O–H groups in total. The molecular weight excluding hydrogens is 262 g/mol. The van der Waals surface area contributed by atoms with Gasteiger partial charge in [-0.3, -0.25) is 4.79 Å². The second kappa shape index (κ2) is 4.06. The Hall–Kier alpha value is -2.41. The van der Waals surface area contributed by atoms with Crippen molar-refractivity contribution in [1.29, 1.82) is 0 Å². The first kappa shape index (κ1) is 11.7. The maximum Gasteiger partial charge on any atom is 0.260 e. The van der Waals surface area contributed by atoms with Gasteiger partial charge >= 0.3 is 0 Å². The van der Waals surface area contributed by atoms with Gasteiger partial charge in [0.15, 0.2) is 5.82 Å². The summed E-state index contributed by atoms with van der Waals surface area (Å²) in [5.74, 6) is 0.150. The van der Waals surface area contributed by atoms with Crippen molar-refractivity contribution in [1.82, 2.24) is 15.0 Å². The zero-order valence-corrected chi connectivity index (χ0v) is 10.9. The predicted molar refractivity (Wildman–Crippen MR) is 74.9 cm³/mol. The number of amides is 1. The molecule has 19 heavy (non-hydrogen) atoms. The van der Waals surface area contributed by atoms with Crippen LogP contribution in [-0.4, -0.2) is 20.9 Å². The van der Waals surface area contributed by atoms with Gasteiger partial charge in [-0.15, -0.1) is 11.3 Å². The number of fused-ring (bicyclic) bond motifs is 1. The normalized spacial score (nSPS) is 11.0. The smallest absolute Gasteiger partial charge is 0.260 e. The minimum Gasteiger partial charge on any atom is -0.397 e. The van der Waals surface area contributed by atoms with E-state index in [9.17, 15) is 4.79 Å². The number of anilines is 1. The Bertz CT molecular complexity index is 775. The van der Waals surface area contributed by atoms with Gasteiger partial charge in [0.2, 0.25) is 0 Å². The predicted octanol–water partition coefficient (Wildman–Crippen LogP) is 1.68. The highest BCUT2D eigenvalue weighted by Crippen LogP contribution is 2.35. The van der Waals surface area contributed by atoms with Crippen LogP contribution in [0.5, 0.6) is 0 Å². The molecule has 0 fully saturated rings. The van der Waals surface area contributed by atoms with Gasteiger partial charge in [0, 0.05) is 17.8 Å². The van der Waals surface area contributed by atoms with Gasteiger partial charge in [-0.2, -0.15) is 0 Å². The number of carbonyl (C=O) groups is 1. The Morgan fingerprint density at radius 1 is 1.47 bits per heavy atom. The third-order valence-corrected chi connectivity index (χ3v) is 3.97. The molecule has 0 unspecified atom stereocenters. The molecular formula is C12H11N5OS. The van der Waals surface area contributed by atoms with Crippen LogP contribution in [0, 0.1) is 6.92 Å². The van der Waals surface area contributed by atoms with E-state index in [1.54, 1.807) is 12.4 Å². The molecule has 0 bridgehead atoms. The number of nitrogens with two attached hydrogens (primary N) is 2. The summed E-state index contributed by atoms with van der Waals surface area (Å²) >= 11 is 1.21. The summed E-state index contributed by atoms with van der Waals surface area (Å²) in [6.07, 6.45) is 3.39. The van der Waals surface area contributed by atoms with Gasteiger partial charge in [-0.1, -0.05) is 0 Å². The molecule has 0 aliphatic rings. The van der Waals surface area contributed by atoms with E-state index in [2.05, 4.69) is 15.0 Å². The minimum absolute atomic E-state index is 0.349. The van der Waals surface area contributed by atoms with E-state index in [0.717, 1.165) is 10.9 Å². The average Bonchev–Trinajstić information content (AvgIpc) is 2.96. The van der Waals surface area contributed by atoms with Crippen molar-refractivity contribution in [3.63, 3.8) is 0 Å². The number of nitrogens with one attached hydrogen (secondary N) is 1. The number of thiophene rings is 1. The molecule has 1 amide bonds. The molecule has 6 nitrogen and oxygen atoms in total. The lowest BCUT2D eigenvalue weighted by Gasteiger charge is -2.01. The quantitative estimate of drug-likeness (QED) is 0.659. The van der Waals surface area contributed by atoms with Crippen molar-refractivity contribution in [2.24, 2.45) is 5.73 Å². The molecule has 0 saturated carbocycles. The summed E-state index contributed by atoms with van der Waals surface area (Å²) in [4.78, 5) is 24.0. The maximum atomic E-state index is 11.3. The first-order valence-corrected chi connectivity index (χ1v) is 6.38. The molecule has 3 aromatic heterocycles. The Labute approximate surface area is 112 Å². The second-order valence-corrected chi connectivity index (χ2v) is 5.15. The number of nitrogens with zero attached hydrogens (tertiary/aromatic N) is 2. The number of imidazole rings is 1. The van der Waals surface area contributed by atoms with Crippen LogP contribution in [0.1, 0.15) is 15.2 Å². The number of aromatic nitrogens is 3. The number of primary amides is 1. The first-order valence-electron chi connectivity index (χ1n) is 5.57. The summed E-state index contributed by atoms with van der Waals surface area (Å²) in [6, 6.07) is 1.88. The molecule has 0 aromatic carbocycles. The van der Waals surface area contributed by atoms with Crippen LogP contribution in [-0.2, 0) is 0 Å². The monoisotopic (exact) mass is 273 g/mol. The summed E-state index contributed by atoms with van der Waals surface area (Å²) in [7, 11) is 0. The van der Waals surface area contributed by atoms with Crippen molar-refractivity contribution in [2.75, 3.05) is 5.73 Å². The summed E-state index contributed by atoms with van der Waals surface area (Å²) in [6.45, 7) is 1.92. The van der Waals surface area contributed by atoms with Crippen molar-refractivity contribution in [3.05, 3.63) is 28.9 Å². The fraction of sp³-hybridized carbons (Fsp3) is 0.0833. The van der Waals surface area contributed by atoms with Crippen LogP contribution in [0.4, 0.5) is 5.69 Å². The lowest BCUT2D eigenvalue weighted by molar-refractivity contribution is 0.100. The average molecular weight is 273 g/mol. The number of rotatable bonds is 2. The number of nitrogen functional groups attached to an aromatic ring is 1. The van der Waals surface area contributed by atoms with Gasteiger partial charge in [0.25, 0.3) is 5.91 Å². The summed E-state index contributed by atoms with van der Waals surface area (Å²) in [5.41, 5.74) is 13.3. The number of hydrogen-bond acceptors (Lipinski definition) is 5. The van der Waals surface area contributed by atoms with E-state index >= 15 is 0 Å². The van der Waals surface area contributed by atoms with Crippen molar-refractivity contribution >= 4 is 33.1 Å². The molecule has 0 spiro atoms. The highest BCUT2D eigenvalue weighted by molar-refractivity contribution is 7.21. The molecule has 0 aliphatic carbocycles.